The Morgan fingerprint density at radius 3 is 2.94 bits per heavy atom. The first-order valence-corrected chi connectivity index (χ1v) is 11.0. The third kappa shape index (κ3) is 4.29. The van der Waals surface area contributed by atoms with E-state index in [0.29, 0.717) is 5.92 Å². The molecule has 0 unspecified atom stereocenters. The van der Waals surface area contributed by atoms with Crippen LogP contribution in [0.15, 0.2) is 42.6 Å². The maximum Gasteiger partial charge on any atom is 0.142 e. The Bertz CT molecular complexity index is 1050. The van der Waals surface area contributed by atoms with Gasteiger partial charge in [-0.25, -0.2) is 4.98 Å². The lowest BCUT2D eigenvalue weighted by molar-refractivity contribution is 0.122. The molecular weight excluding hydrogens is 390 g/mol. The Labute approximate surface area is 182 Å². The normalized spacial score (nSPS) is 19.0. The minimum absolute atomic E-state index is 0.630. The van der Waals surface area contributed by atoms with Gasteiger partial charge in [0.25, 0.3) is 0 Å². The zero-order valence-corrected chi connectivity index (χ0v) is 17.9. The highest BCUT2D eigenvalue weighted by molar-refractivity contribution is 5.92. The van der Waals surface area contributed by atoms with Crippen LogP contribution >= 0.6 is 0 Å². The maximum absolute atomic E-state index is 5.74. The van der Waals surface area contributed by atoms with Gasteiger partial charge in [0.15, 0.2) is 0 Å². The highest BCUT2D eigenvalue weighted by Gasteiger charge is 2.18. The van der Waals surface area contributed by atoms with Gasteiger partial charge in [-0.15, -0.1) is 0 Å². The number of nitrogens with one attached hydrogen (secondary N) is 2. The molecule has 0 aliphatic carbocycles. The number of pyridine rings is 2. The molecule has 1 atom stereocenters. The van der Waals surface area contributed by atoms with Crippen molar-refractivity contribution < 1.29 is 9.47 Å². The molecule has 2 fully saturated rings. The zero-order chi connectivity index (χ0) is 21.0. The van der Waals surface area contributed by atoms with Crippen LogP contribution in [0.2, 0.25) is 0 Å². The van der Waals surface area contributed by atoms with Crippen molar-refractivity contribution in [1.29, 1.82) is 0 Å². The molecule has 2 aromatic heterocycles. The number of benzene rings is 1. The van der Waals surface area contributed by atoms with Crippen molar-refractivity contribution in [3.05, 3.63) is 42.6 Å². The molecule has 7 nitrogen and oxygen atoms in total. The van der Waals surface area contributed by atoms with E-state index in [-0.39, 0.29) is 0 Å². The predicted molar refractivity (Wildman–Crippen MR) is 124 cm³/mol. The number of anilines is 2. The molecule has 5 rings (SSSR count). The maximum atomic E-state index is 5.74. The van der Waals surface area contributed by atoms with Gasteiger partial charge in [-0.2, -0.15) is 0 Å². The van der Waals surface area contributed by atoms with E-state index in [9.17, 15) is 0 Å². The molecule has 2 aliphatic rings. The summed E-state index contributed by atoms with van der Waals surface area (Å²) in [4.78, 5) is 11.9. The van der Waals surface area contributed by atoms with E-state index in [2.05, 4.69) is 50.8 Å². The Morgan fingerprint density at radius 2 is 2.13 bits per heavy atom. The van der Waals surface area contributed by atoms with E-state index >= 15 is 0 Å². The second-order valence-corrected chi connectivity index (χ2v) is 8.15. The summed E-state index contributed by atoms with van der Waals surface area (Å²) in [7, 11) is 1.72. The van der Waals surface area contributed by atoms with Crippen LogP contribution in [-0.2, 0) is 4.74 Å². The van der Waals surface area contributed by atoms with Crippen LogP contribution in [-0.4, -0.2) is 63.0 Å². The third-order valence-corrected chi connectivity index (χ3v) is 6.15. The molecule has 31 heavy (non-hydrogen) atoms. The van der Waals surface area contributed by atoms with Crippen molar-refractivity contribution in [3.63, 3.8) is 0 Å². The molecule has 1 aromatic carbocycles. The van der Waals surface area contributed by atoms with Crippen LogP contribution < -0.4 is 20.3 Å². The minimum atomic E-state index is 0.630. The monoisotopic (exact) mass is 419 g/mol. The number of fused-ring (bicyclic) bond motifs is 1. The summed E-state index contributed by atoms with van der Waals surface area (Å²) in [5.74, 6) is 2.38. The predicted octanol–water partition coefficient (Wildman–Crippen LogP) is 3.16. The van der Waals surface area contributed by atoms with Crippen molar-refractivity contribution in [1.82, 2.24) is 15.3 Å². The number of hydrogen-bond donors (Lipinski definition) is 2. The summed E-state index contributed by atoms with van der Waals surface area (Å²) in [5, 5.41) is 8.07. The number of nitrogens with zero attached hydrogens (tertiary/aromatic N) is 3. The summed E-state index contributed by atoms with van der Waals surface area (Å²) in [5.41, 5.74) is 3.95. The molecule has 162 valence electrons. The number of morpholine rings is 1. The average molecular weight is 420 g/mol. The fourth-order valence-electron chi connectivity index (χ4n) is 4.39. The highest BCUT2D eigenvalue weighted by atomic mass is 16.5. The lowest BCUT2D eigenvalue weighted by Crippen LogP contribution is -2.36. The van der Waals surface area contributed by atoms with Crippen LogP contribution in [0, 0.1) is 5.92 Å². The average Bonchev–Trinajstić information content (AvgIpc) is 3.36. The standard InChI is InChI=1S/C24H29N5O2/c1-30-23-13-18(4-5-22(23)29-9-11-31-12-10-29)20-14-21-19(3-2-7-26-21)24(28-20)27-16-17-6-8-25-15-17/h2-5,7,13-14,17,25H,6,8-12,15-16H2,1H3,(H,27,28)/t17-/m1/s1. The SMILES string of the molecule is COc1cc(-c2cc3ncccc3c(NC[C@@H]3CCNC3)n2)ccc1N1CCOCC1. The molecule has 0 saturated carbocycles. The van der Waals surface area contributed by atoms with Crippen LogP contribution in [0.4, 0.5) is 11.5 Å². The Morgan fingerprint density at radius 1 is 1.23 bits per heavy atom. The van der Waals surface area contributed by atoms with Gasteiger partial charge in [0.05, 0.1) is 37.2 Å². The van der Waals surface area contributed by atoms with E-state index in [4.69, 9.17) is 14.5 Å². The summed E-state index contributed by atoms with van der Waals surface area (Å²) < 4.78 is 11.2. The zero-order valence-electron chi connectivity index (χ0n) is 17.9. The summed E-state index contributed by atoms with van der Waals surface area (Å²) in [6.45, 7) is 6.30. The molecule has 0 radical (unpaired) electrons. The molecular formula is C24H29N5O2. The number of aromatic nitrogens is 2. The van der Waals surface area contributed by atoms with Crippen molar-refractivity contribution in [3.8, 4) is 17.0 Å². The summed E-state index contributed by atoms with van der Waals surface area (Å²) >= 11 is 0. The molecule has 0 amide bonds. The number of ether oxygens (including phenoxy) is 2. The van der Waals surface area contributed by atoms with Crippen molar-refractivity contribution in [2.75, 3.05) is 63.3 Å². The molecule has 3 aromatic rings. The van der Waals surface area contributed by atoms with E-state index in [1.54, 1.807) is 7.11 Å². The molecule has 2 N–H and O–H groups in total. The first-order chi connectivity index (χ1) is 15.3. The first-order valence-electron chi connectivity index (χ1n) is 11.0. The molecule has 0 bridgehead atoms. The number of hydrogen-bond acceptors (Lipinski definition) is 7. The molecule has 7 heteroatoms. The van der Waals surface area contributed by atoms with Gasteiger partial charge in [0, 0.05) is 36.8 Å². The summed E-state index contributed by atoms with van der Waals surface area (Å²) in [6.07, 6.45) is 3.03. The lowest BCUT2D eigenvalue weighted by Gasteiger charge is -2.30. The van der Waals surface area contributed by atoms with Gasteiger partial charge in [-0.05, 0) is 55.8 Å². The Hall–Kier alpha value is -2.90. The molecule has 0 spiro atoms. The second-order valence-electron chi connectivity index (χ2n) is 8.15. The largest absolute Gasteiger partial charge is 0.495 e. The van der Waals surface area contributed by atoms with Gasteiger partial charge in [-0.3, -0.25) is 4.98 Å². The van der Waals surface area contributed by atoms with Crippen molar-refractivity contribution >= 4 is 22.4 Å². The van der Waals surface area contributed by atoms with Gasteiger partial charge in [0.1, 0.15) is 11.6 Å². The topological polar surface area (TPSA) is 71.5 Å². The Kier molecular flexibility index (Phi) is 5.86. The van der Waals surface area contributed by atoms with Crippen LogP contribution in [0.5, 0.6) is 5.75 Å². The first kappa shape index (κ1) is 20.0. The smallest absolute Gasteiger partial charge is 0.142 e. The quantitative estimate of drug-likeness (QED) is 0.636. The number of rotatable bonds is 6. The lowest BCUT2D eigenvalue weighted by atomic mass is 10.1. The van der Waals surface area contributed by atoms with Gasteiger partial charge < -0.3 is 25.0 Å². The number of methoxy groups -OCH3 is 1. The fourth-order valence-corrected chi connectivity index (χ4v) is 4.39. The van der Waals surface area contributed by atoms with E-state index in [1.807, 2.05) is 12.3 Å². The Balaban J connectivity index is 1.48. The van der Waals surface area contributed by atoms with E-state index in [1.165, 1.54) is 6.42 Å². The molecule has 2 saturated heterocycles. The fraction of sp³-hybridized carbons (Fsp3) is 0.417. The minimum Gasteiger partial charge on any atom is -0.495 e. The second kappa shape index (κ2) is 9.08. The van der Waals surface area contributed by atoms with Gasteiger partial charge in [-0.1, -0.05) is 6.07 Å². The van der Waals surface area contributed by atoms with Crippen LogP contribution in [0.3, 0.4) is 0 Å². The van der Waals surface area contributed by atoms with Crippen molar-refractivity contribution in [2.45, 2.75) is 6.42 Å². The van der Waals surface area contributed by atoms with Gasteiger partial charge >= 0.3 is 0 Å². The van der Waals surface area contributed by atoms with Gasteiger partial charge in [0.2, 0.25) is 0 Å². The molecule has 2 aliphatic heterocycles. The van der Waals surface area contributed by atoms with Crippen LogP contribution in [0.1, 0.15) is 6.42 Å². The summed E-state index contributed by atoms with van der Waals surface area (Å²) in [6, 6.07) is 12.4. The van der Waals surface area contributed by atoms with Crippen LogP contribution in [0.25, 0.3) is 22.2 Å². The van der Waals surface area contributed by atoms with Crippen molar-refractivity contribution in [2.24, 2.45) is 5.92 Å². The highest BCUT2D eigenvalue weighted by Crippen LogP contribution is 2.35. The third-order valence-electron chi connectivity index (χ3n) is 6.15. The molecule has 4 heterocycles. The van der Waals surface area contributed by atoms with E-state index < -0.39 is 0 Å². The van der Waals surface area contributed by atoms with E-state index in [0.717, 1.165) is 85.4 Å².